The van der Waals surface area contributed by atoms with E-state index >= 15 is 0 Å². The van der Waals surface area contributed by atoms with Crippen LogP contribution < -0.4 is 0 Å². The fourth-order valence-corrected chi connectivity index (χ4v) is 5.26. The van der Waals surface area contributed by atoms with Crippen LogP contribution in [-0.4, -0.2) is 40.3 Å². The van der Waals surface area contributed by atoms with Crippen molar-refractivity contribution in [2.45, 2.75) is 76.4 Å². The number of hydrogen-bond acceptors (Lipinski definition) is 3. The zero-order valence-electron chi connectivity index (χ0n) is 15.7. The fourth-order valence-electron chi connectivity index (χ4n) is 5.26. The van der Waals surface area contributed by atoms with E-state index in [1.807, 2.05) is 19.1 Å². The zero-order chi connectivity index (χ0) is 17.5. The summed E-state index contributed by atoms with van der Waals surface area (Å²) in [7, 11) is 2.24. The molecule has 0 spiro atoms. The topological polar surface area (TPSA) is 43.7 Å². The number of rotatable bonds is 5. The molecular formula is C21H33NO2. The summed E-state index contributed by atoms with van der Waals surface area (Å²) in [5, 5.41) is 20.7. The Morgan fingerprint density at radius 3 is 2.79 bits per heavy atom. The minimum Gasteiger partial charge on any atom is -0.508 e. The monoisotopic (exact) mass is 331 g/mol. The van der Waals surface area contributed by atoms with Crippen LogP contribution >= 0.6 is 0 Å². The standard InChI is InChI=1S/C21H33NO2/c1-5-9-20(2,24)10-8-17-19-13-15-6-7-16(23)14-18(15)21(17,3)11-12-22(19)4/h6-7,14,17,19,23-24H,5,8-13H2,1-4H3/t17-,19-,20?,21+/m1/s1. The van der Waals surface area contributed by atoms with Crippen LogP contribution in [0.2, 0.25) is 0 Å². The summed E-state index contributed by atoms with van der Waals surface area (Å²) < 4.78 is 0. The molecule has 3 heteroatoms. The van der Waals surface area contributed by atoms with Gasteiger partial charge in [-0.15, -0.1) is 0 Å². The number of benzene rings is 1. The summed E-state index contributed by atoms with van der Waals surface area (Å²) in [6.07, 6.45) is 5.98. The second-order valence-corrected chi connectivity index (χ2v) is 8.65. The third-order valence-corrected chi connectivity index (χ3v) is 6.75. The Morgan fingerprint density at radius 2 is 2.08 bits per heavy atom. The molecule has 1 heterocycles. The average Bonchev–Trinajstić information content (AvgIpc) is 2.51. The third kappa shape index (κ3) is 3.09. The Morgan fingerprint density at radius 1 is 1.33 bits per heavy atom. The van der Waals surface area contributed by atoms with Gasteiger partial charge >= 0.3 is 0 Å². The van der Waals surface area contributed by atoms with Crippen molar-refractivity contribution in [3.63, 3.8) is 0 Å². The first-order valence-corrected chi connectivity index (χ1v) is 9.52. The minimum atomic E-state index is -0.558. The highest BCUT2D eigenvalue weighted by Crippen LogP contribution is 2.51. The Balaban J connectivity index is 1.91. The largest absolute Gasteiger partial charge is 0.508 e. The molecule has 3 nitrogen and oxygen atoms in total. The summed E-state index contributed by atoms with van der Waals surface area (Å²) in [6, 6.07) is 6.47. The minimum absolute atomic E-state index is 0.103. The van der Waals surface area contributed by atoms with Crippen molar-refractivity contribution in [2.75, 3.05) is 13.6 Å². The predicted octanol–water partition coefficient (Wildman–Crippen LogP) is 3.86. The van der Waals surface area contributed by atoms with Gasteiger partial charge in [0.05, 0.1) is 5.60 Å². The molecule has 134 valence electrons. The molecule has 0 amide bonds. The first-order chi connectivity index (χ1) is 11.3. The van der Waals surface area contributed by atoms with Crippen molar-refractivity contribution in [1.82, 2.24) is 4.90 Å². The molecule has 1 aromatic carbocycles. The molecule has 1 fully saturated rings. The van der Waals surface area contributed by atoms with Gasteiger partial charge in [0.15, 0.2) is 0 Å². The maximum absolute atomic E-state index is 10.6. The molecule has 2 N–H and O–H groups in total. The van der Waals surface area contributed by atoms with Crippen molar-refractivity contribution in [3.8, 4) is 5.75 Å². The molecule has 1 aliphatic carbocycles. The number of aliphatic hydroxyl groups is 1. The number of fused-ring (bicyclic) bond motifs is 4. The second-order valence-electron chi connectivity index (χ2n) is 8.65. The fraction of sp³-hybridized carbons (Fsp3) is 0.714. The van der Waals surface area contributed by atoms with Crippen LogP contribution in [0, 0.1) is 5.92 Å². The molecule has 1 unspecified atom stereocenters. The lowest BCUT2D eigenvalue weighted by molar-refractivity contribution is -0.00273. The average molecular weight is 332 g/mol. The zero-order valence-corrected chi connectivity index (χ0v) is 15.7. The Hall–Kier alpha value is -1.06. The van der Waals surface area contributed by atoms with Gasteiger partial charge in [0.2, 0.25) is 0 Å². The molecule has 2 bridgehead atoms. The van der Waals surface area contributed by atoms with Crippen LogP contribution in [0.3, 0.4) is 0 Å². The molecule has 3 rings (SSSR count). The van der Waals surface area contributed by atoms with Gasteiger partial charge < -0.3 is 15.1 Å². The van der Waals surface area contributed by atoms with E-state index in [0.29, 0.717) is 17.7 Å². The van der Waals surface area contributed by atoms with Gasteiger partial charge in [-0.1, -0.05) is 26.3 Å². The molecule has 1 aromatic rings. The molecule has 4 atom stereocenters. The van der Waals surface area contributed by atoms with E-state index < -0.39 is 5.60 Å². The van der Waals surface area contributed by atoms with Crippen molar-refractivity contribution >= 4 is 0 Å². The quantitative estimate of drug-likeness (QED) is 0.861. The first kappa shape index (κ1) is 17.8. The van der Waals surface area contributed by atoms with Gasteiger partial charge in [0, 0.05) is 6.04 Å². The van der Waals surface area contributed by atoms with E-state index in [1.54, 1.807) is 0 Å². The molecule has 2 aliphatic rings. The highest BCUT2D eigenvalue weighted by atomic mass is 16.3. The first-order valence-electron chi connectivity index (χ1n) is 9.52. The smallest absolute Gasteiger partial charge is 0.115 e. The summed E-state index contributed by atoms with van der Waals surface area (Å²) in [5.74, 6) is 0.915. The van der Waals surface area contributed by atoms with Crippen LogP contribution in [0.1, 0.15) is 64.0 Å². The number of phenolic OH excluding ortho intramolecular Hbond substituents is 1. The van der Waals surface area contributed by atoms with E-state index in [-0.39, 0.29) is 5.41 Å². The highest BCUT2D eigenvalue weighted by molar-refractivity contribution is 5.44. The van der Waals surface area contributed by atoms with E-state index in [1.165, 1.54) is 11.1 Å². The molecule has 1 aliphatic heterocycles. The second kappa shape index (κ2) is 6.34. The van der Waals surface area contributed by atoms with Crippen LogP contribution in [0.4, 0.5) is 0 Å². The van der Waals surface area contributed by atoms with E-state index in [2.05, 4.69) is 31.9 Å². The number of nitrogens with zero attached hydrogens (tertiary/aromatic N) is 1. The van der Waals surface area contributed by atoms with Gasteiger partial charge in [-0.2, -0.15) is 0 Å². The number of likely N-dealkylation sites (N-methyl/N-ethyl adjacent to an activating group) is 1. The third-order valence-electron chi connectivity index (χ3n) is 6.75. The Labute approximate surface area is 146 Å². The summed E-state index contributed by atoms with van der Waals surface area (Å²) >= 11 is 0. The lowest BCUT2D eigenvalue weighted by Crippen LogP contribution is -2.57. The van der Waals surface area contributed by atoms with Crippen molar-refractivity contribution < 1.29 is 10.2 Å². The van der Waals surface area contributed by atoms with E-state index in [0.717, 1.165) is 45.1 Å². The molecule has 1 saturated heterocycles. The van der Waals surface area contributed by atoms with Gasteiger partial charge in [0.25, 0.3) is 0 Å². The molecule has 0 radical (unpaired) electrons. The van der Waals surface area contributed by atoms with Crippen LogP contribution in [0.25, 0.3) is 0 Å². The predicted molar refractivity (Wildman–Crippen MR) is 98.5 cm³/mol. The molecule has 0 aromatic heterocycles. The Kier molecular flexibility index (Phi) is 4.69. The van der Waals surface area contributed by atoms with E-state index in [4.69, 9.17) is 0 Å². The van der Waals surface area contributed by atoms with Gasteiger partial charge in [-0.05, 0) is 87.2 Å². The maximum Gasteiger partial charge on any atom is 0.115 e. The molecular weight excluding hydrogens is 298 g/mol. The van der Waals surface area contributed by atoms with Crippen molar-refractivity contribution in [2.24, 2.45) is 5.92 Å². The SMILES string of the molecule is CCCC(C)(O)CC[C@@H]1[C@H]2Cc3ccc(O)cc3[C@@]1(C)CCN2C. The van der Waals surface area contributed by atoms with Crippen molar-refractivity contribution in [1.29, 1.82) is 0 Å². The highest BCUT2D eigenvalue weighted by Gasteiger charge is 2.49. The molecule has 24 heavy (non-hydrogen) atoms. The summed E-state index contributed by atoms with van der Waals surface area (Å²) in [4.78, 5) is 2.51. The number of piperidine rings is 1. The van der Waals surface area contributed by atoms with Crippen LogP contribution in [0.15, 0.2) is 18.2 Å². The number of aromatic hydroxyl groups is 1. The van der Waals surface area contributed by atoms with Gasteiger partial charge in [-0.25, -0.2) is 0 Å². The number of phenols is 1. The number of hydrogen-bond donors (Lipinski definition) is 2. The van der Waals surface area contributed by atoms with Crippen LogP contribution in [0.5, 0.6) is 5.75 Å². The van der Waals surface area contributed by atoms with Crippen molar-refractivity contribution in [3.05, 3.63) is 29.3 Å². The Bertz CT molecular complexity index is 598. The maximum atomic E-state index is 10.6. The summed E-state index contributed by atoms with van der Waals surface area (Å²) in [6.45, 7) is 7.61. The normalized spacial score (nSPS) is 32.2. The lowest BCUT2D eigenvalue weighted by Gasteiger charge is -2.55. The van der Waals surface area contributed by atoms with Crippen LogP contribution in [-0.2, 0) is 11.8 Å². The number of likely N-dealkylation sites (tertiary alicyclic amines) is 1. The van der Waals surface area contributed by atoms with E-state index in [9.17, 15) is 10.2 Å². The van der Waals surface area contributed by atoms with Gasteiger partial charge in [0.1, 0.15) is 5.75 Å². The lowest BCUT2D eigenvalue weighted by atomic mass is 9.57. The van der Waals surface area contributed by atoms with Gasteiger partial charge in [-0.3, -0.25) is 0 Å². The summed E-state index contributed by atoms with van der Waals surface area (Å²) in [5.41, 5.74) is 2.28. The molecule has 0 saturated carbocycles.